The van der Waals surface area contributed by atoms with Gasteiger partial charge in [0.1, 0.15) is 0 Å². The van der Waals surface area contributed by atoms with E-state index in [9.17, 15) is 0 Å². The van der Waals surface area contributed by atoms with Crippen LogP contribution in [0.5, 0.6) is 0 Å². The number of rotatable bonds is 5. The molecule has 4 heterocycles. The largest absolute Gasteiger partial charge is 0.316 e. The van der Waals surface area contributed by atoms with Crippen LogP contribution in [0.2, 0.25) is 0 Å². The van der Waals surface area contributed by atoms with E-state index in [4.69, 9.17) is 15.0 Å². The first kappa shape index (κ1) is 29.8. The van der Waals surface area contributed by atoms with E-state index in [1.165, 1.54) is 41.8 Å². The maximum absolute atomic E-state index is 5.06. The molecule has 7 aromatic carbocycles. The van der Waals surface area contributed by atoms with Gasteiger partial charge in [0, 0.05) is 70.6 Å². The SMILES string of the molecule is c1ccc(-c2nc(-c3ccccc3)nc(-c3cccc(-n4c5cc6sc7ccccc7c6cc5c5cc6ccn(-c7ccccc7)c6cc54)c3)n2)cc1. The third kappa shape index (κ3) is 4.88. The summed E-state index contributed by atoms with van der Waals surface area (Å²) in [7, 11) is 0. The van der Waals surface area contributed by atoms with Crippen LogP contribution in [0.3, 0.4) is 0 Å². The second-order valence-electron chi connectivity index (χ2n) is 13.3. The van der Waals surface area contributed by atoms with Gasteiger partial charge in [-0.05, 0) is 60.7 Å². The molecule has 0 amide bonds. The van der Waals surface area contributed by atoms with Gasteiger partial charge in [-0.15, -0.1) is 11.3 Å². The molecular weight excluding hydrogens is 667 g/mol. The first-order valence-electron chi connectivity index (χ1n) is 17.7. The molecule has 0 atom stereocenters. The van der Waals surface area contributed by atoms with Gasteiger partial charge in [0.05, 0.1) is 16.6 Å². The number of fused-ring (bicyclic) bond motifs is 7. The van der Waals surface area contributed by atoms with E-state index >= 15 is 0 Å². The minimum Gasteiger partial charge on any atom is -0.316 e. The fraction of sp³-hybridized carbons (Fsp3) is 0. The molecule has 5 nitrogen and oxygen atoms in total. The maximum atomic E-state index is 5.06. The number of hydrogen-bond acceptors (Lipinski definition) is 4. The third-order valence-electron chi connectivity index (χ3n) is 10.2. The summed E-state index contributed by atoms with van der Waals surface area (Å²) in [5, 5.41) is 6.25. The Bertz CT molecular complexity index is 3100. The number of hydrogen-bond donors (Lipinski definition) is 0. The average molecular weight is 696 g/mol. The molecule has 0 radical (unpaired) electrons. The Kier molecular flexibility index (Phi) is 6.66. The smallest absolute Gasteiger partial charge is 0.164 e. The van der Waals surface area contributed by atoms with Gasteiger partial charge in [0.2, 0.25) is 0 Å². The van der Waals surface area contributed by atoms with Crippen molar-refractivity contribution in [3.8, 4) is 45.5 Å². The summed E-state index contributed by atoms with van der Waals surface area (Å²) in [6.45, 7) is 0. The molecule has 0 bridgehead atoms. The van der Waals surface area contributed by atoms with Crippen LogP contribution in [0, 0.1) is 0 Å². The second-order valence-corrected chi connectivity index (χ2v) is 14.4. The molecule has 6 heteroatoms. The van der Waals surface area contributed by atoms with Gasteiger partial charge in [0.15, 0.2) is 17.5 Å². The molecule has 0 aliphatic carbocycles. The Balaban J connectivity index is 1.17. The predicted molar refractivity (Wildman–Crippen MR) is 220 cm³/mol. The topological polar surface area (TPSA) is 48.5 Å². The standard InChI is InChI=1S/C47H29N5S/c1-4-13-30(14-5-1)45-48-46(31-15-6-2-7-16-31)50-47(49-45)33-17-12-20-35(25-33)52-41-28-40-32(23-24-51(40)34-18-8-3-9-19-34)26-37(41)38-27-39-36-21-10-11-22-43(36)53-44(39)29-42(38)52/h1-29H. The second kappa shape index (κ2) is 11.8. The summed E-state index contributed by atoms with van der Waals surface area (Å²) in [5.74, 6) is 1.92. The van der Waals surface area contributed by atoms with E-state index in [2.05, 4.69) is 125 Å². The van der Waals surface area contributed by atoms with Crippen molar-refractivity contribution in [1.29, 1.82) is 0 Å². The van der Waals surface area contributed by atoms with E-state index < -0.39 is 0 Å². The van der Waals surface area contributed by atoms with Gasteiger partial charge < -0.3 is 9.13 Å². The van der Waals surface area contributed by atoms with Crippen LogP contribution in [0.25, 0.3) is 98.4 Å². The minimum absolute atomic E-state index is 0.632. The van der Waals surface area contributed by atoms with E-state index in [-0.39, 0.29) is 0 Å². The van der Waals surface area contributed by atoms with E-state index in [1.807, 2.05) is 72.0 Å². The fourth-order valence-corrected chi connectivity index (χ4v) is 8.80. The summed E-state index contributed by atoms with van der Waals surface area (Å²) in [4.78, 5) is 15.0. The Morgan fingerprint density at radius 1 is 0.377 bits per heavy atom. The molecule has 0 aliphatic rings. The molecule has 11 rings (SSSR count). The molecule has 0 N–H and O–H groups in total. The van der Waals surface area contributed by atoms with Crippen molar-refractivity contribution in [2.24, 2.45) is 0 Å². The Labute approximate surface area is 308 Å². The van der Waals surface area contributed by atoms with Gasteiger partial charge in [-0.2, -0.15) is 0 Å². The Hall–Kier alpha value is -6.89. The van der Waals surface area contributed by atoms with Crippen molar-refractivity contribution in [2.75, 3.05) is 0 Å². The zero-order valence-corrected chi connectivity index (χ0v) is 29.2. The van der Waals surface area contributed by atoms with Gasteiger partial charge in [0.25, 0.3) is 0 Å². The molecule has 248 valence electrons. The molecular formula is C47H29N5S. The number of benzene rings is 7. The predicted octanol–water partition coefficient (Wildman–Crippen LogP) is 12.3. The van der Waals surface area contributed by atoms with Crippen molar-refractivity contribution in [3.05, 3.63) is 176 Å². The maximum Gasteiger partial charge on any atom is 0.164 e. The highest BCUT2D eigenvalue weighted by Gasteiger charge is 2.19. The zero-order valence-electron chi connectivity index (χ0n) is 28.4. The highest BCUT2D eigenvalue weighted by molar-refractivity contribution is 7.25. The monoisotopic (exact) mass is 695 g/mol. The summed E-state index contributed by atoms with van der Waals surface area (Å²) in [6.07, 6.45) is 2.17. The Morgan fingerprint density at radius 2 is 0.962 bits per heavy atom. The summed E-state index contributed by atoms with van der Waals surface area (Å²) in [5.41, 5.74) is 8.47. The molecule has 0 aliphatic heterocycles. The quantitative estimate of drug-likeness (QED) is 0.180. The van der Waals surface area contributed by atoms with Gasteiger partial charge >= 0.3 is 0 Å². The summed E-state index contributed by atoms with van der Waals surface area (Å²) in [6, 6.07) is 59.9. The molecule has 0 unspecified atom stereocenters. The lowest BCUT2D eigenvalue weighted by molar-refractivity contribution is 1.07. The number of para-hydroxylation sites is 1. The van der Waals surface area contributed by atoms with E-state index in [1.54, 1.807) is 0 Å². The van der Waals surface area contributed by atoms with Crippen LogP contribution in [0.4, 0.5) is 0 Å². The highest BCUT2D eigenvalue weighted by Crippen LogP contribution is 2.42. The van der Waals surface area contributed by atoms with E-state index in [0.717, 1.165) is 39.1 Å². The zero-order chi connectivity index (χ0) is 34.9. The summed E-state index contributed by atoms with van der Waals surface area (Å²) >= 11 is 1.85. The van der Waals surface area contributed by atoms with E-state index in [0.29, 0.717) is 17.5 Å². The van der Waals surface area contributed by atoms with Crippen LogP contribution in [-0.4, -0.2) is 24.1 Å². The van der Waals surface area contributed by atoms with Crippen molar-refractivity contribution < 1.29 is 0 Å². The Morgan fingerprint density at radius 3 is 1.70 bits per heavy atom. The molecule has 11 aromatic rings. The van der Waals surface area contributed by atoms with Crippen LogP contribution in [0.1, 0.15) is 0 Å². The van der Waals surface area contributed by atoms with Crippen LogP contribution < -0.4 is 0 Å². The van der Waals surface area contributed by atoms with Crippen LogP contribution in [-0.2, 0) is 0 Å². The van der Waals surface area contributed by atoms with Crippen LogP contribution >= 0.6 is 11.3 Å². The minimum atomic E-state index is 0.632. The first-order valence-corrected chi connectivity index (χ1v) is 18.5. The lowest BCUT2D eigenvalue weighted by Gasteiger charge is -2.12. The first-order chi connectivity index (χ1) is 26.2. The number of thiophene rings is 1. The molecule has 53 heavy (non-hydrogen) atoms. The lowest BCUT2D eigenvalue weighted by Crippen LogP contribution is -2.01. The number of nitrogens with zero attached hydrogens (tertiary/aromatic N) is 5. The van der Waals surface area contributed by atoms with Gasteiger partial charge in [-0.3, -0.25) is 0 Å². The average Bonchev–Trinajstić information content (AvgIpc) is 3.91. The lowest BCUT2D eigenvalue weighted by atomic mass is 10.1. The van der Waals surface area contributed by atoms with Crippen molar-refractivity contribution in [2.45, 2.75) is 0 Å². The van der Waals surface area contributed by atoms with Gasteiger partial charge in [-0.25, -0.2) is 15.0 Å². The van der Waals surface area contributed by atoms with Crippen molar-refractivity contribution in [1.82, 2.24) is 24.1 Å². The van der Waals surface area contributed by atoms with Gasteiger partial charge in [-0.1, -0.05) is 109 Å². The molecule has 0 saturated carbocycles. The highest BCUT2D eigenvalue weighted by atomic mass is 32.1. The summed E-state index contributed by atoms with van der Waals surface area (Å²) < 4.78 is 7.26. The van der Waals surface area contributed by atoms with Crippen LogP contribution in [0.15, 0.2) is 176 Å². The third-order valence-corrected chi connectivity index (χ3v) is 11.3. The molecule has 0 fully saturated rings. The molecule has 0 spiro atoms. The van der Waals surface area contributed by atoms with Crippen molar-refractivity contribution >= 4 is 64.2 Å². The number of aromatic nitrogens is 5. The normalized spacial score (nSPS) is 11.8. The van der Waals surface area contributed by atoms with Crippen molar-refractivity contribution in [3.63, 3.8) is 0 Å². The molecule has 0 saturated heterocycles. The molecule has 4 aromatic heterocycles. The fourth-order valence-electron chi connectivity index (χ4n) is 7.68.